The number of nitrogens with two attached hydrogens (primary N) is 5. The van der Waals surface area contributed by atoms with Gasteiger partial charge in [0.25, 0.3) is 17.7 Å². The lowest BCUT2D eigenvalue weighted by Crippen LogP contribution is -2.71. The zero-order valence-electron chi connectivity index (χ0n) is 25.6. The molecule has 0 aliphatic carbocycles. The molecule has 1 saturated heterocycles. The van der Waals surface area contributed by atoms with Crippen molar-refractivity contribution in [2.24, 2.45) is 34.4 Å². The summed E-state index contributed by atoms with van der Waals surface area (Å²) in [7, 11) is 1.58. The van der Waals surface area contributed by atoms with Crippen LogP contribution in [0.25, 0.3) is 0 Å². The number of carbonyl (C=O) groups is 5. The Morgan fingerprint density at radius 3 is 2.50 bits per heavy atom. The molecule has 14 N–H and O–H groups in total. The predicted octanol–water partition coefficient (Wildman–Crippen LogP) is -4.11. The number of carboxylic acid groups (broad SMARTS) is 2. The fourth-order valence-corrected chi connectivity index (χ4v) is 6.17. The Hall–Kier alpha value is -5.49. The van der Waals surface area contributed by atoms with Crippen molar-refractivity contribution in [3.8, 4) is 0 Å². The second kappa shape index (κ2) is 13.7. The summed E-state index contributed by atoms with van der Waals surface area (Å²) in [6.07, 6.45) is 1.47. The van der Waals surface area contributed by atoms with E-state index in [1.807, 2.05) is 0 Å². The number of hydrogen-bond acceptors (Lipinski definition) is 15. The van der Waals surface area contributed by atoms with Crippen LogP contribution in [0.2, 0.25) is 0 Å². The molecule has 0 unspecified atom stereocenters. The Morgan fingerprint density at radius 2 is 1.94 bits per heavy atom. The number of carbonyl (C=O) groups excluding carboxylic acids is 3. The standard InChI is InChI=1S/C24H32N14O8S2/c1-24(2,21(44)45)46-34-11(15-33-23(29)48-35-15)17(40)32-12-18(41)38-13(20(42)43)8(7-47-19(12)38)5-37-6-10(14(26)36(37)3)30-16(39)9(4-25)31-22(27)28/h6,9,12,19,26H,4-5,7,25H2,1-3H3,(H10,27,28,29,30,31,32,33,35,39,40,42,43,44,45)/p+1/b34-11-/t9-,12+,19+/m0/s1. The highest BCUT2D eigenvalue weighted by Gasteiger charge is 2.55. The van der Waals surface area contributed by atoms with Crippen molar-refractivity contribution >= 4 is 81.3 Å². The van der Waals surface area contributed by atoms with Gasteiger partial charge in [-0.2, -0.15) is 9.36 Å². The molecule has 0 spiro atoms. The van der Waals surface area contributed by atoms with E-state index in [1.54, 1.807) is 7.05 Å². The number of oxime groups is 1. The van der Waals surface area contributed by atoms with Gasteiger partial charge in [0.2, 0.25) is 23.3 Å². The van der Waals surface area contributed by atoms with Crippen molar-refractivity contribution in [1.82, 2.24) is 24.3 Å². The lowest BCUT2D eigenvalue weighted by atomic mass is 10.0. The molecule has 2 aliphatic heterocycles. The van der Waals surface area contributed by atoms with E-state index < -0.39 is 58.4 Å². The Kier molecular flexibility index (Phi) is 10.1. The zero-order chi connectivity index (χ0) is 35.7. The minimum Gasteiger partial charge on any atom is -0.478 e. The van der Waals surface area contributed by atoms with Crippen LogP contribution in [0.1, 0.15) is 19.7 Å². The van der Waals surface area contributed by atoms with Crippen LogP contribution in [0.15, 0.2) is 27.6 Å². The van der Waals surface area contributed by atoms with Crippen LogP contribution in [0.5, 0.6) is 0 Å². The summed E-state index contributed by atoms with van der Waals surface area (Å²) in [6.45, 7) is 2.17. The molecule has 2 aromatic heterocycles. The smallest absolute Gasteiger partial charge is 0.352 e. The molecule has 0 saturated carbocycles. The van der Waals surface area contributed by atoms with Gasteiger partial charge in [-0.05, 0) is 13.8 Å². The summed E-state index contributed by atoms with van der Waals surface area (Å²) >= 11 is 1.93. The van der Waals surface area contributed by atoms with Gasteiger partial charge in [0.05, 0.1) is 7.05 Å². The van der Waals surface area contributed by atoms with Crippen molar-refractivity contribution in [2.75, 3.05) is 29.1 Å². The van der Waals surface area contributed by atoms with Crippen molar-refractivity contribution in [1.29, 1.82) is 0 Å². The van der Waals surface area contributed by atoms with E-state index in [0.717, 1.165) is 16.4 Å². The number of aliphatic imine (C=N–C) groups is 1. The van der Waals surface area contributed by atoms with Gasteiger partial charge in [0.15, 0.2) is 29.1 Å². The fraction of sp³-hybridized carbons (Fsp3) is 0.417. The summed E-state index contributed by atoms with van der Waals surface area (Å²) in [6, 6.07) is -2.27. The van der Waals surface area contributed by atoms with Gasteiger partial charge in [0, 0.05) is 29.4 Å². The second-order valence-corrected chi connectivity index (χ2v) is 12.7. The van der Waals surface area contributed by atoms with Gasteiger partial charge in [-0.25, -0.2) is 14.6 Å². The van der Waals surface area contributed by atoms with Crippen LogP contribution in [-0.4, -0.2) is 106 Å². The number of amides is 3. The van der Waals surface area contributed by atoms with Crippen molar-refractivity contribution in [2.45, 2.75) is 43.5 Å². The van der Waals surface area contributed by atoms with Gasteiger partial charge in [-0.1, -0.05) is 5.16 Å². The number of nitrogens with zero attached hydrogens (tertiary/aromatic N) is 7. The SMILES string of the molecule is Cn1c(N)c(NC(=O)[C@H](CN)N=C(N)N)c[n+]1CC1=C(C(=O)O)N2C(=O)[C@@H](NC(=O)/C(=N\OC(C)(C)C(=O)O)c3nsc(N)n3)[C@H]2SC1. The lowest BCUT2D eigenvalue weighted by molar-refractivity contribution is -0.765. The molecule has 48 heavy (non-hydrogen) atoms. The molecule has 24 heteroatoms. The summed E-state index contributed by atoms with van der Waals surface area (Å²) in [5, 5.41) is 27.4. The summed E-state index contributed by atoms with van der Waals surface area (Å²) in [5.41, 5.74) is 26.0. The first-order valence-corrected chi connectivity index (χ1v) is 15.5. The molecule has 258 valence electrons. The average molecular weight is 710 g/mol. The van der Waals surface area contributed by atoms with Crippen LogP contribution in [0.4, 0.5) is 16.6 Å². The van der Waals surface area contributed by atoms with Crippen LogP contribution in [0, 0.1) is 0 Å². The zero-order valence-corrected chi connectivity index (χ0v) is 27.2. The Labute approximate surface area is 279 Å². The van der Waals surface area contributed by atoms with Gasteiger partial charge in [0.1, 0.15) is 23.2 Å². The number of nitrogen functional groups attached to an aromatic ring is 2. The van der Waals surface area contributed by atoms with Gasteiger partial charge >= 0.3 is 11.9 Å². The second-order valence-electron chi connectivity index (χ2n) is 10.8. The molecule has 4 rings (SSSR count). The Bertz CT molecular complexity index is 1760. The first-order valence-electron chi connectivity index (χ1n) is 13.7. The first kappa shape index (κ1) is 35.4. The molecular formula is C24H33N14O8S2+. The molecule has 0 aromatic carbocycles. The molecule has 0 radical (unpaired) electrons. The molecular weight excluding hydrogens is 676 g/mol. The molecule has 22 nitrogen and oxygen atoms in total. The minimum atomic E-state index is -1.83. The first-order chi connectivity index (χ1) is 22.5. The number of rotatable bonds is 13. The summed E-state index contributed by atoms with van der Waals surface area (Å²) in [4.78, 5) is 76.9. The minimum absolute atomic E-state index is 0.0152. The molecule has 2 aliphatic rings. The normalized spacial score (nSPS) is 18.4. The number of guanidine groups is 1. The number of nitrogens with one attached hydrogen (secondary N) is 2. The van der Waals surface area contributed by atoms with Gasteiger partial charge < -0.3 is 54.4 Å². The van der Waals surface area contributed by atoms with Crippen molar-refractivity contribution < 1.29 is 43.7 Å². The van der Waals surface area contributed by atoms with E-state index in [0.29, 0.717) is 5.57 Å². The molecule has 3 amide bonds. The van der Waals surface area contributed by atoms with Crippen LogP contribution < -0.4 is 44.0 Å². The highest BCUT2D eigenvalue weighted by atomic mass is 32.2. The van der Waals surface area contributed by atoms with Crippen molar-refractivity contribution in [3.63, 3.8) is 0 Å². The van der Waals surface area contributed by atoms with E-state index >= 15 is 0 Å². The predicted molar refractivity (Wildman–Crippen MR) is 171 cm³/mol. The number of aromatic nitrogens is 4. The van der Waals surface area contributed by atoms with Crippen LogP contribution >= 0.6 is 23.3 Å². The number of hydrogen-bond donors (Lipinski definition) is 9. The molecule has 2 aromatic rings. The maximum Gasteiger partial charge on any atom is 0.352 e. The number of anilines is 3. The largest absolute Gasteiger partial charge is 0.478 e. The van der Waals surface area contributed by atoms with Gasteiger partial charge in [-0.15, -0.1) is 21.1 Å². The number of thioether (sulfide) groups is 1. The van der Waals surface area contributed by atoms with E-state index in [2.05, 4.69) is 30.1 Å². The third kappa shape index (κ3) is 7.08. The van der Waals surface area contributed by atoms with Gasteiger partial charge in [-0.3, -0.25) is 19.3 Å². The van der Waals surface area contributed by atoms with E-state index in [4.69, 9.17) is 33.5 Å². The highest BCUT2D eigenvalue weighted by Crippen LogP contribution is 2.40. The number of fused-ring (bicyclic) bond motifs is 1. The monoisotopic (exact) mass is 709 g/mol. The number of aliphatic carboxylic acids is 2. The number of carboxylic acids is 2. The van der Waals surface area contributed by atoms with E-state index in [1.165, 1.54) is 41.2 Å². The molecule has 1 fully saturated rings. The van der Waals surface area contributed by atoms with Crippen molar-refractivity contribution in [3.05, 3.63) is 23.3 Å². The Morgan fingerprint density at radius 1 is 1.25 bits per heavy atom. The maximum atomic E-state index is 13.3. The average Bonchev–Trinajstić information content (AvgIpc) is 3.55. The van der Waals surface area contributed by atoms with E-state index in [9.17, 15) is 34.2 Å². The topological polar surface area (TPSA) is 352 Å². The quantitative estimate of drug-likeness (QED) is 0.0313. The molecule has 3 atom stereocenters. The lowest BCUT2D eigenvalue weighted by Gasteiger charge is -2.49. The van der Waals surface area contributed by atoms with Crippen LogP contribution in [0.3, 0.4) is 0 Å². The third-order valence-corrected chi connectivity index (χ3v) is 8.90. The molecule has 4 heterocycles. The Balaban J connectivity index is 1.55. The fourth-order valence-electron chi connectivity index (χ4n) is 4.40. The third-order valence-electron chi connectivity index (χ3n) is 7.01. The highest BCUT2D eigenvalue weighted by molar-refractivity contribution is 8.00. The summed E-state index contributed by atoms with van der Waals surface area (Å²) < 4.78 is 6.91. The van der Waals surface area contributed by atoms with E-state index in [-0.39, 0.29) is 53.0 Å². The summed E-state index contributed by atoms with van der Waals surface area (Å²) in [5.74, 6) is -5.46. The van der Waals surface area contributed by atoms with Crippen LogP contribution in [-0.2, 0) is 42.4 Å². The number of β-lactam (4-membered cyclic amide) rings is 1. The maximum absolute atomic E-state index is 13.3. The molecule has 0 bridgehead atoms.